The van der Waals surface area contributed by atoms with E-state index in [9.17, 15) is 13.5 Å². The Kier molecular flexibility index (Phi) is 4.33. The summed E-state index contributed by atoms with van der Waals surface area (Å²) in [6.07, 6.45) is 0. The van der Waals surface area contributed by atoms with E-state index < -0.39 is 22.2 Å². The molecule has 1 aromatic rings. The Balaban J connectivity index is 2.97. The summed E-state index contributed by atoms with van der Waals surface area (Å²) in [5.41, 5.74) is 4.95. The highest BCUT2D eigenvalue weighted by Gasteiger charge is 2.24. The normalized spacial score (nSPS) is 15.3. The van der Waals surface area contributed by atoms with Crippen LogP contribution in [0.2, 0.25) is 0 Å². The molecular weight excluding hydrogens is 256 g/mol. The average molecular weight is 274 g/mol. The van der Waals surface area contributed by atoms with E-state index in [4.69, 9.17) is 10.8 Å². The van der Waals surface area contributed by atoms with E-state index >= 15 is 0 Å². The minimum Gasteiger partial charge on any atom is -0.399 e. The summed E-state index contributed by atoms with van der Waals surface area (Å²) in [4.78, 5) is 0.0660. The van der Waals surface area contributed by atoms with Gasteiger partial charge in [0.25, 0.3) is 0 Å². The lowest BCUT2D eigenvalue weighted by Crippen LogP contribution is -2.43. The van der Waals surface area contributed by atoms with Gasteiger partial charge in [0.15, 0.2) is 0 Å². The van der Waals surface area contributed by atoms with Gasteiger partial charge in [-0.05, 0) is 31.5 Å². The van der Waals surface area contributed by atoms with Gasteiger partial charge in [0, 0.05) is 12.2 Å². The molecule has 0 aromatic heterocycles. The molecule has 0 saturated heterocycles. The van der Waals surface area contributed by atoms with Crippen LogP contribution in [0.15, 0.2) is 23.1 Å². The standard InChI is InChI=1S/C11H18N2O4S/c1-8-3-4-9(12)5-10(8)18(16,17)13-6-11(2,15)7-14/h3-5,13-15H,6-7,12H2,1-2H3. The molecule has 6 nitrogen and oxygen atoms in total. The summed E-state index contributed by atoms with van der Waals surface area (Å²) in [7, 11) is -3.76. The molecule has 0 radical (unpaired) electrons. The Morgan fingerprint density at radius 1 is 1.44 bits per heavy atom. The van der Waals surface area contributed by atoms with Crippen LogP contribution in [0.4, 0.5) is 5.69 Å². The van der Waals surface area contributed by atoms with Crippen molar-refractivity contribution in [3.05, 3.63) is 23.8 Å². The molecule has 1 unspecified atom stereocenters. The molecule has 102 valence electrons. The van der Waals surface area contributed by atoms with E-state index in [2.05, 4.69) is 4.72 Å². The number of nitrogen functional groups attached to an aromatic ring is 1. The Hall–Kier alpha value is -1.15. The van der Waals surface area contributed by atoms with Crippen molar-refractivity contribution in [2.45, 2.75) is 24.3 Å². The molecule has 0 fully saturated rings. The summed E-state index contributed by atoms with van der Waals surface area (Å²) in [6.45, 7) is 2.17. The zero-order valence-corrected chi connectivity index (χ0v) is 11.2. The topological polar surface area (TPSA) is 113 Å². The smallest absolute Gasteiger partial charge is 0.241 e. The van der Waals surface area contributed by atoms with Gasteiger partial charge < -0.3 is 15.9 Å². The number of sulfonamides is 1. The van der Waals surface area contributed by atoms with Crippen molar-refractivity contribution in [3.8, 4) is 0 Å². The number of aryl methyl sites for hydroxylation is 1. The van der Waals surface area contributed by atoms with E-state index in [0.29, 0.717) is 11.3 Å². The van der Waals surface area contributed by atoms with Gasteiger partial charge in [-0.2, -0.15) is 0 Å². The molecule has 7 heteroatoms. The van der Waals surface area contributed by atoms with Crippen molar-refractivity contribution in [1.82, 2.24) is 4.72 Å². The van der Waals surface area contributed by atoms with Crippen LogP contribution >= 0.6 is 0 Å². The highest BCUT2D eigenvalue weighted by molar-refractivity contribution is 7.89. The van der Waals surface area contributed by atoms with Crippen molar-refractivity contribution in [3.63, 3.8) is 0 Å². The van der Waals surface area contributed by atoms with Crippen molar-refractivity contribution in [2.24, 2.45) is 0 Å². The van der Waals surface area contributed by atoms with Gasteiger partial charge in [-0.3, -0.25) is 0 Å². The van der Waals surface area contributed by atoms with E-state index in [0.717, 1.165) is 0 Å². The van der Waals surface area contributed by atoms with Crippen molar-refractivity contribution >= 4 is 15.7 Å². The van der Waals surface area contributed by atoms with Gasteiger partial charge in [-0.25, -0.2) is 13.1 Å². The number of rotatable bonds is 5. The lowest BCUT2D eigenvalue weighted by Gasteiger charge is -2.21. The maximum atomic E-state index is 12.0. The fraction of sp³-hybridized carbons (Fsp3) is 0.455. The molecule has 0 aliphatic rings. The average Bonchev–Trinajstić information content (AvgIpc) is 2.30. The van der Waals surface area contributed by atoms with Crippen LogP contribution in [0.5, 0.6) is 0 Å². The number of benzene rings is 1. The van der Waals surface area contributed by atoms with Gasteiger partial charge in [0.1, 0.15) is 0 Å². The van der Waals surface area contributed by atoms with Crippen LogP contribution in [-0.2, 0) is 10.0 Å². The van der Waals surface area contributed by atoms with Crippen LogP contribution in [0.3, 0.4) is 0 Å². The highest BCUT2D eigenvalue weighted by atomic mass is 32.2. The Morgan fingerprint density at radius 3 is 2.61 bits per heavy atom. The van der Waals surface area contributed by atoms with Crippen LogP contribution in [0, 0.1) is 6.92 Å². The first-order valence-electron chi connectivity index (χ1n) is 5.37. The summed E-state index contributed by atoms with van der Waals surface area (Å²) >= 11 is 0. The van der Waals surface area contributed by atoms with Crippen molar-refractivity contribution in [1.29, 1.82) is 0 Å². The highest BCUT2D eigenvalue weighted by Crippen LogP contribution is 2.18. The van der Waals surface area contributed by atoms with Gasteiger partial charge >= 0.3 is 0 Å². The fourth-order valence-electron chi connectivity index (χ4n) is 1.29. The molecule has 1 aromatic carbocycles. The maximum Gasteiger partial charge on any atom is 0.241 e. The van der Waals surface area contributed by atoms with Gasteiger partial charge in [0.05, 0.1) is 17.1 Å². The number of anilines is 1. The van der Waals surface area contributed by atoms with E-state index in [1.54, 1.807) is 19.1 Å². The van der Waals surface area contributed by atoms with Gasteiger partial charge in [0.2, 0.25) is 10.0 Å². The second kappa shape index (κ2) is 5.23. The fourth-order valence-corrected chi connectivity index (χ4v) is 2.73. The molecule has 18 heavy (non-hydrogen) atoms. The van der Waals surface area contributed by atoms with E-state index in [-0.39, 0.29) is 11.4 Å². The first-order chi connectivity index (χ1) is 8.18. The predicted octanol–water partition coefficient (Wildman–Crippen LogP) is -0.401. The molecule has 1 atom stereocenters. The first kappa shape index (κ1) is 14.9. The molecule has 0 heterocycles. The van der Waals surface area contributed by atoms with E-state index in [1.165, 1.54) is 13.0 Å². The minimum absolute atomic E-state index is 0.0660. The lowest BCUT2D eigenvalue weighted by molar-refractivity contribution is 0.00681. The maximum absolute atomic E-state index is 12.0. The summed E-state index contributed by atoms with van der Waals surface area (Å²) in [5, 5.41) is 18.4. The Labute approximate surface area is 106 Å². The minimum atomic E-state index is -3.76. The zero-order valence-electron chi connectivity index (χ0n) is 10.3. The number of aliphatic hydroxyl groups is 2. The molecule has 0 aliphatic carbocycles. The first-order valence-corrected chi connectivity index (χ1v) is 6.85. The SMILES string of the molecule is Cc1ccc(N)cc1S(=O)(=O)NCC(C)(O)CO. The number of aliphatic hydroxyl groups excluding tert-OH is 1. The van der Waals surface area contributed by atoms with Gasteiger partial charge in [-0.15, -0.1) is 0 Å². The molecule has 0 saturated carbocycles. The third kappa shape index (κ3) is 3.67. The van der Waals surface area contributed by atoms with Gasteiger partial charge in [-0.1, -0.05) is 6.07 Å². The molecular formula is C11H18N2O4S. The Bertz CT molecular complexity index is 526. The molecule has 0 bridgehead atoms. The van der Waals surface area contributed by atoms with E-state index in [1.807, 2.05) is 0 Å². The number of nitrogens with one attached hydrogen (secondary N) is 1. The van der Waals surface area contributed by atoms with Crippen molar-refractivity contribution in [2.75, 3.05) is 18.9 Å². The summed E-state index contributed by atoms with van der Waals surface area (Å²) < 4.78 is 26.3. The third-order valence-electron chi connectivity index (χ3n) is 2.49. The lowest BCUT2D eigenvalue weighted by atomic mass is 10.1. The van der Waals surface area contributed by atoms with Crippen LogP contribution in [-0.4, -0.2) is 37.4 Å². The quantitative estimate of drug-likeness (QED) is 0.546. The van der Waals surface area contributed by atoms with Crippen molar-refractivity contribution < 1.29 is 18.6 Å². The zero-order chi connectivity index (χ0) is 14.0. The predicted molar refractivity (Wildman–Crippen MR) is 68.5 cm³/mol. The summed E-state index contributed by atoms with van der Waals surface area (Å²) in [6, 6.07) is 4.57. The largest absolute Gasteiger partial charge is 0.399 e. The molecule has 0 amide bonds. The molecule has 1 rings (SSSR count). The molecule has 0 aliphatic heterocycles. The third-order valence-corrected chi connectivity index (χ3v) is 4.03. The summed E-state index contributed by atoms with van der Waals surface area (Å²) in [5.74, 6) is 0. The van der Waals surface area contributed by atoms with Crippen LogP contribution in [0.25, 0.3) is 0 Å². The second-order valence-electron chi connectivity index (χ2n) is 4.50. The Morgan fingerprint density at radius 2 is 2.06 bits per heavy atom. The number of hydrogen-bond donors (Lipinski definition) is 4. The molecule has 0 spiro atoms. The molecule has 5 N–H and O–H groups in total. The number of nitrogens with two attached hydrogens (primary N) is 1. The second-order valence-corrected chi connectivity index (χ2v) is 6.24. The van der Waals surface area contributed by atoms with Crippen LogP contribution < -0.4 is 10.5 Å². The number of hydrogen-bond acceptors (Lipinski definition) is 5. The monoisotopic (exact) mass is 274 g/mol. The van der Waals surface area contributed by atoms with Crippen LogP contribution in [0.1, 0.15) is 12.5 Å².